The number of pyridine rings is 2. The number of rotatable bonds is 3. The molecule has 2 rings (SSSR count). The molecule has 0 saturated carbocycles. The maximum atomic E-state index is 10.6. The third-order valence-electron chi connectivity index (χ3n) is 2.47. The summed E-state index contributed by atoms with van der Waals surface area (Å²) in [6, 6.07) is 7.45. The lowest BCUT2D eigenvalue weighted by atomic mass is 10.1. The Kier molecular flexibility index (Phi) is 3.14. The van der Waals surface area contributed by atoms with Gasteiger partial charge in [0.05, 0.1) is 12.1 Å². The molecular weight excluding hydrogens is 216 g/mol. The fraction of sp³-hybridized carbons (Fsp3) is 0.154. The molecule has 1 N–H and O–H groups in total. The van der Waals surface area contributed by atoms with E-state index in [2.05, 4.69) is 9.97 Å². The van der Waals surface area contributed by atoms with Crippen molar-refractivity contribution in [1.82, 2.24) is 9.97 Å². The standard InChI is InChI=1S/C13H12N2O2/c1-9-12(10-4-6-14-7-5-10)3-2-11(15-9)8-13(16)17/h2-7H,8H2,1H3,(H,16,17). The van der Waals surface area contributed by atoms with Crippen LogP contribution in [-0.4, -0.2) is 21.0 Å². The molecule has 0 atom stereocenters. The first-order valence-electron chi connectivity index (χ1n) is 5.25. The summed E-state index contributed by atoms with van der Waals surface area (Å²) in [5.41, 5.74) is 3.44. The van der Waals surface area contributed by atoms with Crippen molar-refractivity contribution < 1.29 is 9.90 Å². The first-order valence-corrected chi connectivity index (χ1v) is 5.25. The van der Waals surface area contributed by atoms with Crippen LogP contribution in [0.15, 0.2) is 36.7 Å². The predicted molar refractivity (Wildman–Crippen MR) is 63.5 cm³/mol. The molecule has 0 spiro atoms. The van der Waals surface area contributed by atoms with Crippen molar-refractivity contribution in [3.63, 3.8) is 0 Å². The molecule has 0 aliphatic rings. The van der Waals surface area contributed by atoms with Crippen LogP contribution in [0.2, 0.25) is 0 Å². The molecule has 0 bridgehead atoms. The predicted octanol–water partition coefficient (Wildman–Crippen LogP) is 2.08. The zero-order chi connectivity index (χ0) is 12.3. The van der Waals surface area contributed by atoms with Crippen molar-refractivity contribution in [2.24, 2.45) is 0 Å². The number of carboxylic acids is 1. The van der Waals surface area contributed by atoms with E-state index in [0.717, 1.165) is 16.8 Å². The van der Waals surface area contributed by atoms with E-state index in [4.69, 9.17) is 5.11 Å². The number of aryl methyl sites for hydroxylation is 1. The van der Waals surface area contributed by atoms with Gasteiger partial charge < -0.3 is 5.11 Å². The Morgan fingerprint density at radius 1 is 1.24 bits per heavy atom. The van der Waals surface area contributed by atoms with Crippen LogP contribution in [-0.2, 0) is 11.2 Å². The van der Waals surface area contributed by atoms with Crippen LogP contribution in [0.25, 0.3) is 11.1 Å². The van der Waals surface area contributed by atoms with E-state index in [1.54, 1.807) is 18.5 Å². The summed E-state index contributed by atoms with van der Waals surface area (Å²) in [5, 5.41) is 8.70. The second-order valence-corrected chi connectivity index (χ2v) is 3.74. The molecule has 0 radical (unpaired) electrons. The van der Waals surface area contributed by atoms with Crippen LogP contribution < -0.4 is 0 Å². The summed E-state index contributed by atoms with van der Waals surface area (Å²) in [6.07, 6.45) is 3.40. The van der Waals surface area contributed by atoms with Gasteiger partial charge >= 0.3 is 5.97 Å². The van der Waals surface area contributed by atoms with Crippen molar-refractivity contribution in [1.29, 1.82) is 0 Å². The number of carbonyl (C=O) groups is 1. The molecule has 2 aromatic heterocycles. The third-order valence-corrected chi connectivity index (χ3v) is 2.47. The minimum atomic E-state index is -0.867. The first kappa shape index (κ1) is 11.3. The fourth-order valence-electron chi connectivity index (χ4n) is 1.70. The molecule has 0 amide bonds. The Labute approximate surface area is 99.0 Å². The van der Waals surface area contributed by atoms with E-state index in [9.17, 15) is 4.79 Å². The number of hydrogen-bond acceptors (Lipinski definition) is 3. The molecule has 0 unspecified atom stereocenters. The highest BCUT2D eigenvalue weighted by molar-refractivity contribution is 5.70. The van der Waals surface area contributed by atoms with Gasteiger partial charge in [-0.25, -0.2) is 0 Å². The lowest BCUT2D eigenvalue weighted by Crippen LogP contribution is -2.03. The summed E-state index contributed by atoms with van der Waals surface area (Å²) in [7, 11) is 0. The molecule has 4 heteroatoms. The first-order chi connectivity index (χ1) is 8.16. The minimum Gasteiger partial charge on any atom is -0.481 e. The summed E-state index contributed by atoms with van der Waals surface area (Å²) in [4.78, 5) is 18.8. The maximum Gasteiger partial charge on any atom is 0.309 e. The summed E-state index contributed by atoms with van der Waals surface area (Å²) >= 11 is 0. The van der Waals surface area contributed by atoms with Gasteiger partial charge in [0.2, 0.25) is 0 Å². The molecule has 0 aromatic carbocycles. The summed E-state index contributed by atoms with van der Waals surface area (Å²) in [5.74, 6) is -0.867. The van der Waals surface area contributed by atoms with Gasteiger partial charge in [0, 0.05) is 23.7 Å². The van der Waals surface area contributed by atoms with Crippen molar-refractivity contribution in [3.05, 3.63) is 48.0 Å². The molecule has 0 saturated heterocycles. The maximum absolute atomic E-state index is 10.6. The van der Waals surface area contributed by atoms with Gasteiger partial charge in [-0.3, -0.25) is 14.8 Å². The zero-order valence-corrected chi connectivity index (χ0v) is 9.42. The molecule has 2 aromatic rings. The van der Waals surface area contributed by atoms with Gasteiger partial charge in [0.15, 0.2) is 0 Å². The van der Waals surface area contributed by atoms with Crippen LogP contribution >= 0.6 is 0 Å². The number of aliphatic carboxylic acids is 1. The van der Waals surface area contributed by atoms with E-state index in [-0.39, 0.29) is 6.42 Å². The second-order valence-electron chi connectivity index (χ2n) is 3.74. The Morgan fingerprint density at radius 3 is 2.53 bits per heavy atom. The Balaban J connectivity index is 2.35. The van der Waals surface area contributed by atoms with Gasteiger partial charge in [-0.05, 0) is 30.7 Å². The van der Waals surface area contributed by atoms with E-state index in [1.165, 1.54) is 0 Å². The average Bonchev–Trinajstić information content (AvgIpc) is 2.29. The monoisotopic (exact) mass is 228 g/mol. The van der Waals surface area contributed by atoms with Crippen LogP contribution in [0.5, 0.6) is 0 Å². The van der Waals surface area contributed by atoms with Crippen molar-refractivity contribution in [2.75, 3.05) is 0 Å². The molecule has 4 nitrogen and oxygen atoms in total. The topological polar surface area (TPSA) is 63.1 Å². The molecule has 0 aliphatic heterocycles. The van der Waals surface area contributed by atoms with Gasteiger partial charge in [-0.2, -0.15) is 0 Å². The van der Waals surface area contributed by atoms with Gasteiger partial charge in [-0.1, -0.05) is 6.07 Å². The largest absolute Gasteiger partial charge is 0.481 e. The third kappa shape index (κ3) is 2.66. The highest BCUT2D eigenvalue weighted by atomic mass is 16.4. The molecule has 0 aliphatic carbocycles. The zero-order valence-electron chi connectivity index (χ0n) is 9.42. The number of nitrogens with zero attached hydrogens (tertiary/aromatic N) is 2. The number of aromatic nitrogens is 2. The Hall–Kier alpha value is -2.23. The van der Waals surface area contributed by atoms with E-state index < -0.39 is 5.97 Å². The quantitative estimate of drug-likeness (QED) is 0.873. The molecule has 0 fully saturated rings. The summed E-state index contributed by atoms with van der Waals surface area (Å²) < 4.78 is 0. The second kappa shape index (κ2) is 4.74. The normalized spacial score (nSPS) is 10.2. The highest BCUT2D eigenvalue weighted by Crippen LogP contribution is 2.21. The molecule has 2 heterocycles. The van der Waals surface area contributed by atoms with E-state index in [1.807, 2.05) is 25.1 Å². The van der Waals surface area contributed by atoms with Gasteiger partial charge in [0.25, 0.3) is 0 Å². The average molecular weight is 228 g/mol. The van der Waals surface area contributed by atoms with Gasteiger partial charge in [-0.15, -0.1) is 0 Å². The smallest absolute Gasteiger partial charge is 0.309 e. The van der Waals surface area contributed by atoms with Crippen LogP contribution in [0.3, 0.4) is 0 Å². The SMILES string of the molecule is Cc1nc(CC(=O)O)ccc1-c1ccncc1. The summed E-state index contributed by atoms with van der Waals surface area (Å²) in [6.45, 7) is 1.88. The molecular formula is C13H12N2O2. The van der Waals surface area contributed by atoms with Crippen molar-refractivity contribution in [3.8, 4) is 11.1 Å². The minimum absolute atomic E-state index is 0.0442. The number of carboxylic acid groups (broad SMARTS) is 1. The lowest BCUT2D eigenvalue weighted by Gasteiger charge is -2.06. The van der Waals surface area contributed by atoms with Crippen LogP contribution in [0, 0.1) is 6.92 Å². The fourth-order valence-corrected chi connectivity index (χ4v) is 1.70. The highest BCUT2D eigenvalue weighted by Gasteiger charge is 2.06. The van der Waals surface area contributed by atoms with E-state index in [0.29, 0.717) is 5.69 Å². The van der Waals surface area contributed by atoms with Crippen LogP contribution in [0.4, 0.5) is 0 Å². The lowest BCUT2D eigenvalue weighted by molar-refractivity contribution is -0.136. The Bertz CT molecular complexity index is 538. The van der Waals surface area contributed by atoms with Crippen molar-refractivity contribution >= 4 is 5.97 Å². The number of hydrogen-bond donors (Lipinski definition) is 1. The van der Waals surface area contributed by atoms with Crippen LogP contribution in [0.1, 0.15) is 11.4 Å². The van der Waals surface area contributed by atoms with Gasteiger partial charge in [0.1, 0.15) is 0 Å². The van der Waals surface area contributed by atoms with E-state index >= 15 is 0 Å². The molecule has 86 valence electrons. The van der Waals surface area contributed by atoms with Crippen molar-refractivity contribution in [2.45, 2.75) is 13.3 Å². The molecule has 17 heavy (non-hydrogen) atoms. The Morgan fingerprint density at radius 2 is 1.94 bits per heavy atom.